The first kappa shape index (κ1) is 13.2. The third-order valence-electron chi connectivity index (χ3n) is 4.26. The summed E-state index contributed by atoms with van der Waals surface area (Å²) in [4.78, 5) is 25.7. The molecule has 0 spiro atoms. The summed E-state index contributed by atoms with van der Waals surface area (Å²) < 4.78 is 5.41. The lowest BCUT2D eigenvalue weighted by Gasteiger charge is -2.26. The molecule has 1 aromatic rings. The zero-order valence-corrected chi connectivity index (χ0v) is 11.5. The Bertz CT molecular complexity index is 500. The molecule has 4 heteroatoms. The summed E-state index contributed by atoms with van der Waals surface area (Å²) in [6.07, 6.45) is 3.54. The molecule has 0 saturated carbocycles. The first-order valence-electron chi connectivity index (χ1n) is 7.25. The highest BCUT2D eigenvalue weighted by atomic mass is 16.6. The molecule has 4 nitrogen and oxygen atoms in total. The molecule has 0 radical (unpaired) electrons. The molecule has 106 valence electrons. The number of ether oxygens (including phenoxy) is 1. The van der Waals surface area contributed by atoms with E-state index in [4.69, 9.17) is 4.74 Å². The molecular formula is C16H19NO3. The van der Waals surface area contributed by atoms with E-state index < -0.39 is 0 Å². The summed E-state index contributed by atoms with van der Waals surface area (Å²) in [5, 5.41) is 0. The van der Waals surface area contributed by atoms with Crippen LogP contribution in [0, 0.1) is 0 Å². The molecule has 2 unspecified atom stereocenters. The van der Waals surface area contributed by atoms with E-state index in [0.29, 0.717) is 19.4 Å². The molecule has 2 fully saturated rings. The van der Waals surface area contributed by atoms with Gasteiger partial charge in [0.05, 0.1) is 0 Å². The van der Waals surface area contributed by atoms with E-state index in [1.54, 1.807) is 0 Å². The van der Waals surface area contributed by atoms with Gasteiger partial charge in [0.15, 0.2) is 0 Å². The minimum absolute atomic E-state index is 0.0540. The van der Waals surface area contributed by atoms with Crippen LogP contribution in [0.3, 0.4) is 0 Å². The predicted octanol–water partition coefficient (Wildman–Crippen LogP) is 2.91. The minimum Gasteiger partial charge on any atom is -0.445 e. The van der Waals surface area contributed by atoms with Gasteiger partial charge in [-0.15, -0.1) is 0 Å². The van der Waals surface area contributed by atoms with Crippen molar-refractivity contribution < 1.29 is 14.3 Å². The zero-order chi connectivity index (χ0) is 13.9. The van der Waals surface area contributed by atoms with Crippen LogP contribution in [0.1, 0.15) is 37.7 Å². The van der Waals surface area contributed by atoms with Crippen molar-refractivity contribution >= 4 is 11.9 Å². The van der Waals surface area contributed by atoms with Gasteiger partial charge in [-0.05, 0) is 24.8 Å². The summed E-state index contributed by atoms with van der Waals surface area (Å²) in [7, 11) is 0. The van der Waals surface area contributed by atoms with Crippen molar-refractivity contribution in [1.29, 1.82) is 0 Å². The lowest BCUT2D eigenvalue weighted by atomic mass is 10.0. The normalized spacial score (nSPS) is 25.4. The van der Waals surface area contributed by atoms with Gasteiger partial charge in [0.25, 0.3) is 0 Å². The topological polar surface area (TPSA) is 46.6 Å². The largest absolute Gasteiger partial charge is 0.445 e. The van der Waals surface area contributed by atoms with E-state index in [2.05, 4.69) is 0 Å². The number of amides is 1. The number of rotatable bonds is 2. The average Bonchev–Trinajstić information content (AvgIpc) is 2.77. The molecule has 2 saturated heterocycles. The fourth-order valence-corrected chi connectivity index (χ4v) is 3.23. The van der Waals surface area contributed by atoms with Crippen LogP contribution < -0.4 is 0 Å². The molecular weight excluding hydrogens is 254 g/mol. The number of Topliss-reactive ketones (excluding diaryl/α,β-unsaturated/α-hetero) is 1. The van der Waals surface area contributed by atoms with Crippen LogP contribution >= 0.6 is 0 Å². The quantitative estimate of drug-likeness (QED) is 0.832. The molecule has 0 N–H and O–H groups in total. The third-order valence-corrected chi connectivity index (χ3v) is 4.26. The Kier molecular flexibility index (Phi) is 3.72. The summed E-state index contributed by atoms with van der Waals surface area (Å²) in [6, 6.07) is 9.91. The predicted molar refractivity (Wildman–Crippen MR) is 74.1 cm³/mol. The average molecular weight is 273 g/mol. The van der Waals surface area contributed by atoms with Gasteiger partial charge in [-0.25, -0.2) is 4.79 Å². The van der Waals surface area contributed by atoms with Gasteiger partial charge in [-0.2, -0.15) is 0 Å². The summed E-state index contributed by atoms with van der Waals surface area (Å²) in [6.45, 7) is 0.295. The van der Waals surface area contributed by atoms with Crippen LogP contribution in [-0.4, -0.2) is 28.9 Å². The monoisotopic (exact) mass is 273 g/mol. The summed E-state index contributed by atoms with van der Waals surface area (Å²) in [5.41, 5.74) is 0.985. The number of nitrogens with zero attached hydrogens (tertiary/aromatic N) is 1. The van der Waals surface area contributed by atoms with Gasteiger partial charge in [0.1, 0.15) is 12.4 Å². The van der Waals surface area contributed by atoms with Crippen LogP contribution in [0.5, 0.6) is 0 Å². The van der Waals surface area contributed by atoms with Crippen molar-refractivity contribution in [1.82, 2.24) is 4.90 Å². The van der Waals surface area contributed by atoms with Crippen molar-refractivity contribution in [3.8, 4) is 0 Å². The molecule has 0 aliphatic carbocycles. The van der Waals surface area contributed by atoms with Gasteiger partial charge in [-0.3, -0.25) is 4.79 Å². The van der Waals surface area contributed by atoms with E-state index in [1.807, 2.05) is 35.2 Å². The Hall–Kier alpha value is -1.84. The second-order valence-corrected chi connectivity index (χ2v) is 5.61. The molecule has 3 rings (SSSR count). The molecule has 0 aromatic heterocycles. The molecule has 2 atom stereocenters. The van der Waals surface area contributed by atoms with Crippen molar-refractivity contribution in [3.05, 3.63) is 35.9 Å². The van der Waals surface area contributed by atoms with Crippen LogP contribution in [-0.2, 0) is 16.1 Å². The zero-order valence-electron chi connectivity index (χ0n) is 11.5. The summed E-state index contributed by atoms with van der Waals surface area (Å²) in [5.74, 6) is 0.276. The van der Waals surface area contributed by atoms with Crippen molar-refractivity contribution in [2.45, 2.75) is 50.8 Å². The lowest BCUT2D eigenvalue weighted by Crippen LogP contribution is -2.40. The van der Waals surface area contributed by atoms with Gasteiger partial charge in [-0.1, -0.05) is 30.3 Å². The van der Waals surface area contributed by atoms with Crippen molar-refractivity contribution in [2.75, 3.05) is 0 Å². The number of ketones is 1. The van der Waals surface area contributed by atoms with Gasteiger partial charge in [0.2, 0.25) is 0 Å². The van der Waals surface area contributed by atoms with Crippen LogP contribution in [0.4, 0.5) is 4.79 Å². The molecule has 1 amide bonds. The van der Waals surface area contributed by atoms with Gasteiger partial charge >= 0.3 is 6.09 Å². The molecule has 1 aromatic carbocycles. The SMILES string of the molecule is O=C1CCC2CCC(C1)N2C(=O)OCc1ccccc1. The molecule has 2 bridgehead atoms. The van der Waals surface area contributed by atoms with Crippen LogP contribution in [0.15, 0.2) is 30.3 Å². The van der Waals surface area contributed by atoms with E-state index >= 15 is 0 Å². The number of carbonyl (C=O) groups excluding carboxylic acids is 2. The standard InChI is InChI=1S/C16H19NO3/c18-15-9-8-13-6-7-14(10-15)17(13)16(19)20-11-12-4-2-1-3-5-12/h1-5,13-14H,6-11H2. The molecule has 20 heavy (non-hydrogen) atoms. The third kappa shape index (κ3) is 2.69. The number of carbonyl (C=O) groups is 2. The van der Waals surface area contributed by atoms with Crippen molar-refractivity contribution in [2.24, 2.45) is 0 Å². The fourth-order valence-electron chi connectivity index (χ4n) is 3.23. The highest BCUT2D eigenvalue weighted by Gasteiger charge is 2.40. The maximum Gasteiger partial charge on any atom is 0.410 e. The molecule has 2 aliphatic heterocycles. The highest BCUT2D eigenvalue weighted by Crippen LogP contribution is 2.33. The number of hydrogen-bond donors (Lipinski definition) is 0. The Morgan fingerprint density at radius 3 is 2.70 bits per heavy atom. The number of benzene rings is 1. The van der Waals surface area contributed by atoms with Gasteiger partial charge < -0.3 is 9.64 Å². The van der Waals surface area contributed by atoms with Gasteiger partial charge in [0, 0.05) is 24.9 Å². The second kappa shape index (κ2) is 5.65. The summed E-state index contributed by atoms with van der Waals surface area (Å²) >= 11 is 0. The molecule has 2 heterocycles. The molecule has 2 aliphatic rings. The van der Waals surface area contributed by atoms with E-state index in [9.17, 15) is 9.59 Å². The Labute approximate surface area is 118 Å². The van der Waals surface area contributed by atoms with E-state index in [0.717, 1.165) is 24.8 Å². The smallest absolute Gasteiger partial charge is 0.410 e. The second-order valence-electron chi connectivity index (χ2n) is 5.61. The first-order valence-corrected chi connectivity index (χ1v) is 7.25. The number of hydrogen-bond acceptors (Lipinski definition) is 3. The lowest BCUT2D eigenvalue weighted by molar-refractivity contribution is -0.119. The Morgan fingerprint density at radius 2 is 1.90 bits per heavy atom. The Morgan fingerprint density at radius 1 is 1.15 bits per heavy atom. The first-order chi connectivity index (χ1) is 9.74. The van der Waals surface area contributed by atoms with E-state index in [-0.39, 0.29) is 24.0 Å². The Balaban J connectivity index is 1.63. The maximum atomic E-state index is 12.3. The fraction of sp³-hybridized carbons (Fsp3) is 0.500. The number of fused-ring (bicyclic) bond motifs is 2. The van der Waals surface area contributed by atoms with Crippen LogP contribution in [0.2, 0.25) is 0 Å². The van der Waals surface area contributed by atoms with E-state index in [1.165, 1.54) is 0 Å². The van der Waals surface area contributed by atoms with Crippen molar-refractivity contribution in [3.63, 3.8) is 0 Å². The highest BCUT2D eigenvalue weighted by molar-refractivity contribution is 5.81. The minimum atomic E-state index is -0.268. The maximum absolute atomic E-state index is 12.3. The van der Waals surface area contributed by atoms with Crippen LogP contribution in [0.25, 0.3) is 0 Å².